The van der Waals surface area contributed by atoms with Crippen LogP contribution in [-0.2, 0) is 13.0 Å². The molecule has 0 saturated carbocycles. The van der Waals surface area contributed by atoms with Gasteiger partial charge in [0.2, 0.25) is 0 Å². The van der Waals surface area contributed by atoms with E-state index < -0.39 is 0 Å². The second kappa shape index (κ2) is 9.34. The topological polar surface area (TPSA) is 48.5 Å². The third-order valence-corrected chi connectivity index (χ3v) is 4.94. The summed E-state index contributed by atoms with van der Waals surface area (Å²) >= 11 is 0. The second-order valence-corrected chi connectivity index (χ2v) is 6.89. The second-order valence-electron chi connectivity index (χ2n) is 6.89. The lowest BCUT2D eigenvalue weighted by atomic mass is 10.1. The molecule has 1 fully saturated rings. The predicted octanol–water partition coefficient (Wildman–Crippen LogP) is 2.85. The van der Waals surface area contributed by atoms with Gasteiger partial charge in [0.15, 0.2) is 0 Å². The fourth-order valence-electron chi connectivity index (χ4n) is 3.39. The Morgan fingerprint density at radius 2 is 2.00 bits per heavy atom. The minimum absolute atomic E-state index is 0.0572. The lowest BCUT2D eigenvalue weighted by Crippen LogP contribution is -2.42. The van der Waals surface area contributed by atoms with Crippen LogP contribution in [0.4, 0.5) is 4.79 Å². The number of nitrogens with one attached hydrogen (secondary N) is 1. The largest absolute Gasteiger partial charge is 0.338 e. The first-order chi connectivity index (χ1) is 12.7. The van der Waals surface area contributed by atoms with Crippen molar-refractivity contribution >= 4 is 6.03 Å². The van der Waals surface area contributed by atoms with E-state index >= 15 is 0 Å². The van der Waals surface area contributed by atoms with Crippen LogP contribution in [0.25, 0.3) is 0 Å². The summed E-state index contributed by atoms with van der Waals surface area (Å²) in [7, 11) is 0. The summed E-state index contributed by atoms with van der Waals surface area (Å²) in [5, 5.41) is 3.08. The Hall–Kier alpha value is -2.40. The van der Waals surface area contributed by atoms with E-state index in [0.29, 0.717) is 6.54 Å². The Bertz CT molecular complexity index is 704. The molecule has 0 spiro atoms. The van der Waals surface area contributed by atoms with E-state index in [0.717, 1.165) is 45.6 Å². The number of hydrogen-bond donors (Lipinski definition) is 1. The molecule has 3 rings (SSSR count). The van der Waals surface area contributed by atoms with E-state index in [1.165, 1.54) is 16.7 Å². The van der Waals surface area contributed by atoms with Gasteiger partial charge in [-0.25, -0.2) is 4.79 Å². The number of aryl methyl sites for hydroxylation is 1. The highest BCUT2D eigenvalue weighted by Gasteiger charge is 2.18. The van der Waals surface area contributed by atoms with Gasteiger partial charge in [0.05, 0.1) is 0 Å². The minimum Gasteiger partial charge on any atom is -0.338 e. The van der Waals surface area contributed by atoms with Gasteiger partial charge in [0.25, 0.3) is 0 Å². The number of rotatable bonds is 5. The van der Waals surface area contributed by atoms with Crippen LogP contribution >= 0.6 is 0 Å². The summed E-state index contributed by atoms with van der Waals surface area (Å²) in [6, 6.07) is 12.5. The molecule has 1 aromatic carbocycles. The average Bonchev–Trinajstić information content (AvgIpc) is 2.90. The molecule has 5 nitrogen and oxygen atoms in total. The Balaban J connectivity index is 1.43. The van der Waals surface area contributed by atoms with E-state index in [9.17, 15) is 4.79 Å². The van der Waals surface area contributed by atoms with Crippen molar-refractivity contribution < 1.29 is 4.79 Å². The highest BCUT2D eigenvalue weighted by Crippen LogP contribution is 2.09. The number of amides is 2. The third kappa shape index (κ3) is 5.30. The predicted molar refractivity (Wildman–Crippen MR) is 104 cm³/mol. The monoisotopic (exact) mass is 352 g/mol. The van der Waals surface area contributed by atoms with Gasteiger partial charge in [0, 0.05) is 51.7 Å². The summed E-state index contributed by atoms with van der Waals surface area (Å²) in [6.07, 6.45) is 5.60. The molecule has 0 bridgehead atoms. The molecule has 1 N–H and O–H groups in total. The van der Waals surface area contributed by atoms with Gasteiger partial charge in [-0.05, 0) is 42.5 Å². The van der Waals surface area contributed by atoms with Crippen LogP contribution in [-0.4, -0.2) is 53.5 Å². The molecule has 5 heteroatoms. The number of nitrogens with zero attached hydrogens (tertiary/aromatic N) is 3. The quantitative estimate of drug-likeness (QED) is 0.900. The van der Waals surface area contributed by atoms with Gasteiger partial charge in [-0.15, -0.1) is 0 Å². The molecule has 2 aromatic rings. The molecule has 1 aliphatic rings. The van der Waals surface area contributed by atoms with Crippen LogP contribution in [0, 0.1) is 6.92 Å². The van der Waals surface area contributed by atoms with Gasteiger partial charge in [-0.2, -0.15) is 0 Å². The summed E-state index contributed by atoms with van der Waals surface area (Å²) < 4.78 is 0. The number of benzene rings is 1. The first-order valence-corrected chi connectivity index (χ1v) is 9.41. The molecule has 26 heavy (non-hydrogen) atoms. The van der Waals surface area contributed by atoms with E-state index in [2.05, 4.69) is 46.4 Å². The number of aromatic nitrogens is 1. The molecule has 1 aliphatic heterocycles. The molecule has 2 amide bonds. The molecule has 1 saturated heterocycles. The Kier molecular flexibility index (Phi) is 6.61. The van der Waals surface area contributed by atoms with Crippen molar-refractivity contribution in [2.45, 2.75) is 26.3 Å². The van der Waals surface area contributed by atoms with Gasteiger partial charge in [-0.1, -0.05) is 30.3 Å². The molecule has 0 atom stereocenters. The summed E-state index contributed by atoms with van der Waals surface area (Å²) in [5.74, 6) is 0. The van der Waals surface area contributed by atoms with E-state index in [-0.39, 0.29) is 6.03 Å². The standard InChI is InChI=1S/C21H28N4O/c1-18-6-2-3-8-20(18)9-11-23-21(26)25-13-5-12-24(14-15-25)17-19-7-4-10-22-16-19/h2-4,6-8,10,16H,5,9,11-15,17H2,1H3,(H,23,26). The van der Waals surface area contributed by atoms with Gasteiger partial charge in [0.1, 0.15) is 0 Å². The van der Waals surface area contributed by atoms with Crippen LogP contribution in [0.2, 0.25) is 0 Å². The number of carbonyl (C=O) groups excluding carboxylic acids is 1. The van der Waals surface area contributed by atoms with Crippen molar-refractivity contribution in [2.24, 2.45) is 0 Å². The maximum absolute atomic E-state index is 12.5. The fraction of sp³-hybridized carbons (Fsp3) is 0.429. The summed E-state index contributed by atoms with van der Waals surface area (Å²) in [6.45, 7) is 7.21. The zero-order valence-electron chi connectivity index (χ0n) is 15.5. The Labute approximate surface area is 156 Å². The number of carbonyl (C=O) groups is 1. The molecular formula is C21H28N4O. The minimum atomic E-state index is 0.0572. The molecular weight excluding hydrogens is 324 g/mol. The van der Waals surface area contributed by atoms with Gasteiger partial charge in [-0.3, -0.25) is 9.88 Å². The lowest BCUT2D eigenvalue weighted by Gasteiger charge is -2.22. The van der Waals surface area contributed by atoms with Gasteiger partial charge < -0.3 is 10.2 Å². The van der Waals surface area contributed by atoms with Gasteiger partial charge >= 0.3 is 6.03 Å². The lowest BCUT2D eigenvalue weighted by molar-refractivity contribution is 0.198. The van der Waals surface area contributed by atoms with Crippen molar-refractivity contribution in [2.75, 3.05) is 32.7 Å². The normalized spacial score (nSPS) is 15.5. The van der Waals surface area contributed by atoms with Crippen molar-refractivity contribution in [3.63, 3.8) is 0 Å². The molecule has 1 aromatic heterocycles. The van der Waals surface area contributed by atoms with Crippen molar-refractivity contribution in [3.8, 4) is 0 Å². The zero-order chi connectivity index (χ0) is 18.2. The van der Waals surface area contributed by atoms with E-state index in [4.69, 9.17) is 0 Å². The fourth-order valence-corrected chi connectivity index (χ4v) is 3.39. The zero-order valence-corrected chi connectivity index (χ0v) is 15.5. The smallest absolute Gasteiger partial charge is 0.317 e. The van der Waals surface area contributed by atoms with E-state index in [1.54, 1.807) is 6.20 Å². The number of hydrogen-bond acceptors (Lipinski definition) is 3. The average molecular weight is 352 g/mol. The number of pyridine rings is 1. The molecule has 2 heterocycles. The van der Waals surface area contributed by atoms with Crippen molar-refractivity contribution in [1.82, 2.24) is 20.1 Å². The Morgan fingerprint density at radius 1 is 1.12 bits per heavy atom. The maximum atomic E-state index is 12.5. The highest BCUT2D eigenvalue weighted by molar-refractivity contribution is 5.74. The summed E-state index contributed by atoms with van der Waals surface area (Å²) in [4.78, 5) is 21.0. The van der Waals surface area contributed by atoms with Crippen LogP contribution in [0.3, 0.4) is 0 Å². The molecule has 0 aliphatic carbocycles. The van der Waals surface area contributed by atoms with Crippen LogP contribution < -0.4 is 5.32 Å². The molecule has 0 unspecified atom stereocenters. The first-order valence-electron chi connectivity index (χ1n) is 9.41. The van der Waals surface area contributed by atoms with Crippen molar-refractivity contribution in [3.05, 3.63) is 65.5 Å². The van der Waals surface area contributed by atoms with Crippen molar-refractivity contribution in [1.29, 1.82) is 0 Å². The SMILES string of the molecule is Cc1ccccc1CCNC(=O)N1CCCN(Cc2cccnc2)CC1. The first kappa shape index (κ1) is 18.4. The Morgan fingerprint density at radius 3 is 2.81 bits per heavy atom. The van der Waals surface area contributed by atoms with Crippen LogP contribution in [0.5, 0.6) is 0 Å². The third-order valence-electron chi connectivity index (χ3n) is 4.94. The highest BCUT2D eigenvalue weighted by atomic mass is 16.2. The van der Waals surface area contributed by atoms with Crippen LogP contribution in [0.15, 0.2) is 48.8 Å². The maximum Gasteiger partial charge on any atom is 0.317 e. The van der Waals surface area contributed by atoms with E-state index in [1.807, 2.05) is 23.2 Å². The summed E-state index contributed by atoms with van der Waals surface area (Å²) in [5.41, 5.74) is 3.80. The molecule has 138 valence electrons. The number of urea groups is 1. The molecule has 0 radical (unpaired) electrons. The van der Waals surface area contributed by atoms with Crippen LogP contribution in [0.1, 0.15) is 23.1 Å².